The van der Waals surface area contributed by atoms with Gasteiger partial charge in [-0.3, -0.25) is 9.52 Å². The first-order chi connectivity index (χ1) is 14.8. The van der Waals surface area contributed by atoms with Gasteiger partial charge in [0.05, 0.1) is 5.75 Å². The lowest BCUT2D eigenvalue weighted by molar-refractivity contribution is 0.115. The molecule has 166 valence electrons. The second-order valence-electron chi connectivity index (χ2n) is 8.06. The smallest absolute Gasteiger partial charge is 0.274 e. The number of benzene rings is 1. The van der Waals surface area contributed by atoms with E-state index < -0.39 is 10.0 Å². The molecular weight excluding hydrogens is 416 g/mol. The van der Waals surface area contributed by atoms with E-state index in [0.717, 1.165) is 42.4 Å². The summed E-state index contributed by atoms with van der Waals surface area (Å²) >= 11 is 0. The van der Waals surface area contributed by atoms with Crippen molar-refractivity contribution in [3.05, 3.63) is 47.0 Å². The molecule has 31 heavy (non-hydrogen) atoms. The highest BCUT2D eigenvalue weighted by molar-refractivity contribution is 7.92. The molecule has 3 aromatic rings. The zero-order valence-corrected chi connectivity index (χ0v) is 18.8. The quantitative estimate of drug-likeness (QED) is 0.609. The van der Waals surface area contributed by atoms with Gasteiger partial charge in [0.25, 0.3) is 5.56 Å². The molecule has 0 aliphatic carbocycles. The van der Waals surface area contributed by atoms with Crippen LogP contribution in [0.3, 0.4) is 0 Å². The van der Waals surface area contributed by atoms with Crippen LogP contribution in [0.4, 0.5) is 5.69 Å². The molecule has 1 aliphatic heterocycles. The number of sulfonamides is 1. The van der Waals surface area contributed by atoms with Gasteiger partial charge in [-0.15, -0.1) is 0 Å². The molecule has 8 nitrogen and oxygen atoms in total. The van der Waals surface area contributed by atoms with Crippen LogP contribution < -0.4 is 15.0 Å². The Morgan fingerprint density at radius 2 is 1.90 bits per heavy atom. The summed E-state index contributed by atoms with van der Waals surface area (Å²) in [5.74, 6) is 0.660. The van der Waals surface area contributed by atoms with Crippen LogP contribution in [0.1, 0.15) is 19.8 Å². The Bertz CT molecular complexity index is 1250. The number of piperidine rings is 1. The highest BCUT2D eigenvalue weighted by atomic mass is 32.2. The summed E-state index contributed by atoms with van der Waals surface area (Å²) in [6.45, 7) is 3.53. The first kappa shape index (κ1) is 21.5. The lowest BCUT2D eigenvalue weighted by atomic mass is 10.0. The van der Waals surface area contributed by atoms with Crippen molar-refractivity contribution in [2.75, 3.05) is 30.6 Å². The van der Waals surface area contributed by atoms with Crippen molar-refractivity contribution in [3.63, 3.8) is 0 Å². The fraction of sp³-hybridized carbons (Fsp3) is 0.409. The van der Waals surface area contributed by atoms with Gasteiger partial charge in [0.15, 0.2) is 0 Å². The van der Waals surface area contributed by atoms with Gasteiger partial charge >= 0.3 is 0 Å². The van der Waals surface area contributed by atoms with Crippen LogP contribution in [0.5, 0.6) is 5.75 Å². The number of pyridine rings is 1. The van der Waals surface area contributed by atoms with Gasteiger partial charge in [-0.2, -0.15) is 0 Å². The van der Waals surface area contributed by atoms with E-state index in [-0.39, 0.29) is 17.4 Å². The van der Waals surface area contributed by atoms with Crippen LogP contribution in [0, 0.1) is 0 Å². The molecule has 2 aromatic heterocycles. The number of aryl methyl sites for hydroxylation is 1. The molecule has 2 N–H and O–H groups in total. The number of hydrogen-bond donors (Lipinski definition) is 2. The fourth-order valence-electron chi connectivity index (χ4n) is 3.92. The number of anilines is 1. The van der Waals surface area contributed by atoms with Crippen LogP contribution in [0.15, 0.2) is 41.5 Å². The molecule has 0 unspecified atom stereocenters. The number of nitrogens with one attached hydrogen (secondary N) is 2. The maximum atomic E-state index is 12.5. The Morgan fingerprint density at radius 1 is 1.16 bits per heavy atom. The molecule has 1 aliphatic rings. The van der Waals surface area contributed by atoms with Crippen LogP contribution in [0.2, 0.25) is 0 Å². The van der Waals surface area contributed by atoms with Crippen molar-refractivity contribution in [2.24, 2.45) is 7.05 Å². The summed E-state index contributed by atoms with van der Waals surface area (Å²) in [5, 5.41) is 0.770. The summed E-state index contributed by atoms with van der Waals surface area (Å²) in [6, 6.07) is 7.17. The predicted molar refractivity (Wildman–Crippen MR) is 123 cm³/mol. The van der Waals surface area contributed by atoms with Gasteiger partial charge in [0.1, 0.15) is 17.4 Å². The molecule has 4 rings (SSSR count). The Morgan fingerprint density at radius 3 is 2.61 bits per heavy atom. The summed E-state index contributed by atoms with van der Waals surface area (Å²) in [4.78, 5) is 17.8. The van der Waals surface area contributed by atoms with E-state index in [9.17, 15) is 13.2 Å². The molecule has 9 heteroatoms. The lowest BCUT2D eigenvalue weighted by Gasteiger charge is -2.30. The maximum absolute atomic E-state index is 12.5. The summed E-state index contributed by atoms with van der Waals surface area (Å²) in [5.41, 5.74) is 2.40. The minimum absolute atomic E-state index is 0.0158. The van der Waals surface area contributed by atoms with E-state index in [0.29, 0.717) is 17.0 Å². The van der Waals surface area contributed by atoms with Crippen molar-refractivity contribution in [1.82, 2.24) is 14.5 Å². The number of hydrogen-bond acceptors (Lipinski definition) is 5. The molecule has 0 saturated carbocycles. The van der Waals surface area contributed by atoms with E-state index >= 15 is 0 Å². The third-order valence-electron chi connectivity index (χ3n) is 5.78. The Labute approximate surface area is 181 Å². The van der Waals surface area contributed by atoms with Crippen LogP contribution in [-0.2, 0) is 17.1 Å². The average molecular weight is 445 g/mol. The van der Waals surface area contributed by atoms with E-state index in [1.54, 1.807) is 38.5 Å². The predicted octanol–water partition coefficient (Wildman–Crippen LogP) is 2.77. The normalized spacial score (nSPS) is 16.0. The molecule has 0 spiro atoms. The highest BCUT2D eigenvalue weighted by Crippen LogP contribution is 2.37. The third-order valence-corrected chi connectivity index (χ3v) is 7.08. The number of H-pyrrole nitrogens is 1. The molecule has 3 heterocycles. The summed E-state index contributed by atoms with van der Waals surface area (Å²) < 4.78 is 34.8. The molecule has 0 amide bonds. The molecular formula is C22H28N4O4S. The first-order valence-corrected chi connectivity index (χ1v) is 12.1. The molecule has 0 radical (unpaired) electrons. The number of nitrogens with zero attached hydrogens (tertiary/aromatic N) is 2. The number of fused-ring (bicyclic) bond motifs is 1. The second kappa shape index (κ2) is 8.39. The fourth-order valence-corrected chi connectivity index (χ4v) is 4.55. The van der Waals surface area contributed by atoms with Gasteiger partial charge in [0, 0.05) is 54.7 Å². The first-order valence-electron chi connectivity index (χ1n) is 10.4. The zero-order valence-electron chi connectivity index (χ0n) is 18.0. The van der Waals surface area contributed by atoms with Gasteiger partial charge in [-0.25, -0.2) is 8.42 Å². The SMILES string of the molecule is CCS(=O)(=O)Nc1ccc(OC2CCN(C)CC2)c(-c2cn(C)c(=O)c3[nH]ccc23)c1. The van der Waals surface area contributed by atoms with Crippen molar-refractivity contribution < 1.29 is 13.2 Å². The van der Waals surface area contributed by atoms with Crippen LogP contribution in [-0.4, -0.2) is 54.9 Å². The number of ether oxygens (including phenoxy) is 1. The van der Waals surface area contributed by atoms with E-state index in [2.05, 4.69) is 21.7 Å². The number of aromatic nitrogens is 2. The van der Waals surface area contributed by atoms with Gasteiger partial charge < -0.3 is 19.2 Å². The summed E-state index contributed by atoms with van der Waals surface area (Å²) in [7, 11) is 0.380. The van der Waals surface area contributed by atoms with Crippen LogP contribution in [0.25, 0.3) is 22.0 Å². The van der Waals surface area contributed by atoms with Gasteiger partial charge in [-0.05, 0) is 51.1 Å². The minimum atomic E-state index is -3.42. The zero-order chi connectivity index (χ0) is 22.2. The molecule has 0 atom stereocenters. The van der Waals surface area contributed by atoms with E-state index in [1.807, 2.05) is 12.1 Å². The Balaban J connectivity index is 1.82. The number of aromatic amines is 1. The molecule has 1 aromatic carbocycles. The summed E-state index contributed by atoms with van der Waals surface area (Å²) in [6.07, 6.45) is 5.44. The molecule has 1 saturated heterocycles. The van der Waals surface area contributed by atoms with E-state index in [1.165, 1.54) is 4.57 Å². The van der Waals surface area contributed by atoms with Crippen molar-refractivity contribution in [2.45, 2.75) is 25.9 Å². The van der Waals surface area contributed by atoms with Crippen molar-refractivity contribution in [1.29, 1.82) is 0 Å². The molecule has 0 bridgehead atoms. The largest absolute Gasteiger partial charge is 0.490 e. The van der Waals surface area contributed by atoms with E-state index in [4.69, 9.17) is 4.74 Å². The van der Waals surface area contributed by atoms with Crippen molar-refractivity contribution in [3.8, 4) is 16.9 Å². The number of rotatable bonds is 6. The average Bonchev–Trinajstić information content (AvgIpc) is 3.23. The van der Waals surface area contributed by atoms with Crippen LogP contribution >= 0.6 is 0 Å². The Kier molecular flexibility index (Phi) is 5.81. The standard InChI is InChI=1S/C22H28N4O4S/c1-4-31(28,29)24-15-5-6-20(30-16-8-11-25(2)12-9-16)18(13-15)19-14-26(3)22(27)21-17(19)7-10-23-21/h5-7,10,13-14,16,23-24H,4,8-9,11-12H2,1-3H3. The van der Waals surface area contributed by atoms with Gasteiger partial charge in [0.2, 0.25) is 10.0 Å². The second-order valence-corrected chi connectivity index (χ2v) is 10.1. The van der Waals surface area contributed by atoms with Gasteiger partial charge in [-0.1, -0.05) is 0 Å². The maximum Gasteiger partial charge on any atom is 0.274 e. The lowest BCUT2D eigenvalue weighted by Crippen LogP contribution is -2.35. The topological polar surface area (TPSA) is 96.4 Å². The number of likely N-dealkylation sites (tertiary alicyclic amines) is 1. The minimum Gasteiger partial charge on any atom is -0.490 e. The third kappa shape index (κ3) is 4.47. The highest BCUT2D eigenvalue weighted by Gasteiger charge is 2.22. The monoisotopic (exact) mass is 444 g/mol. The van der Waals surface area contributed by atoms with Crippen molar-refractivity contribution >= 4 is 26.6 Å². The molecule has 1 fully saturated rings. The Hall–Kier alpha value is -2.78.